The van der Waals surface area contributed by atoms with Crippen LogP contribution in [0.2, 0.25) is 0 Å². The molecule has 0 amide bonds. The van der Waals surface area contributed by atoms with E-state index < -0.39 is 0 Å². The molecule has 0 saturated heterocycles. The number of hydrogen-bond donors (Lipinski definition) is 1. The maximum Gasteiger partial charge on any atom is 0.292 e. The van der Waals surface area contributed by atoms with Gasteiger partial charge >= 0.3 is 0 Å². The van der Waals surface area contributed by atoms with Gasteiger partial charge in [-0.1, -0.05) is 30.3 Å². The standard InChI is InChI=1S/C21H22N6OS/c1-15-6-4-5-7-19(15)20-24-27(21(29)28-20)14-25(3)16(2)17-8-10-18(11-9-17)26-13-22-12-23-26/h4-13,16H,14H2,1-3H3/p+1/t16-/m0/s1. The molecule has 0 bridgehead atoms. The molecule has 2 atom stereocenters. The van der Waals surface area contributed by atoms with E-state index in [1.165, 1.54) is 16.8 Å². The van der Waals surface area contributed by atoms with Gasteiger partial charge in [0.1, 0.15) is 18.7 Å². The SMILES string of the molecule is Cc1ccccc1-c1nn(C[NH+](C)[C@@H](C)c2ccc(-n3cncn3)cc2)c(=S)o1. The third-order valence-corrected chi connectivity index (χ3v) is 5.49. The lowest BCUT2D eigenvalue weighted by atomic mass is 10.1. The van der Waals surface area contributed by atoms with E-state index in [1.54, 1.807) is 15.7 Å². The molecule has 2 heterocycles. The first-order valence-electron chi connectivity index (χ1n) is 9.44. The number of aromatic nitrogens is 5. The Labute approximate surface area is 174 Å². The van der Waals surface area contributed by atoms with Crippen molar-refractivity contribution in [1.29, 1.82) is 0 Å². The molecule has 2 aromatic heterocycles. The number of aryl methyl sites for hydroxylation is 1. The minimum Gasteiger partial charge on any atom is -0.409 e. The second kappa shape index (κ2) is 8.10. The largest absolute Gasteiger partial charge is 0.409 e. The van der Waals surface area contributed by atoms with E-state index >= 15 is 0 Å². The Kier molecular flexibility index (Phi) is 5.37. The van der Waals surface area contributed by atoms with Crippen LogP contribution >= 0.6 is 12.2 Å². The summed E-state index contributed by atoms with van der Waals surface area (Å²) in [6.07, 6.45) is 3.22. The molecule has 4 rings (SSSR count). The van der Waals surface area contributed by atoms with Crippen LogP contribution in [0.5, 0.6) is 0 Å². The summed E-state index contributed by atoms with van der Waals surface area (Å²) in [7, 11) is 2.12. The van der Waals surface area contributed by atoms with Crippen LogP contribution in [0.25, 0.3) is 17.1 Å². The van der Waals surface area contributed by atoms with Gasteiger partial charge in [-0.2, -0.15) is 9.78 Å². The van der Waals surface area contributed by atoms with Crippen LogP contribution in [0.4, 0.5) is 0 Å². The van der Waals surface area contributed by atoms with E-state index in [-0.39, 0.29) is 6.04 Å². The van der Waals surface area contributed by atoms with E-state index in [9.17, 15) is 0 Å². The predicted octanol–water partition coefficient (Wildman–Crippen LogP) is 3.00. The van der Waals surface area contributed by atoms with Crippen molar-refractivity contribution in [3.05, 3.63) is 77.1 Å². The third-order valence-electron chi connectivity index (χ3n) is 5.20. The molecule has 8 heteroatoms. The highest BCUT2D eigenvalue weighted by atomic mass is 32.1. The Morgan fingerprint density at radius 3 is 2.59 bits per heavy atom. The van der Waals surface area contributed by atoms with Gasteiger partial charge in [-0.05, 0) is 49.8 Å². The van der Waals surface area contributed by atoms with Gasteiger partial charge in [0.25, 0.3) is 4.84 Å². The smallest absolute Gasteiger partial charge is 0.292 e. The number of nitrogens with zero attached hydrogens (tertiary/aromatic N) is 5. The molecule has 2 aromatic carbocycles. The lowest BCUT2D eigenvalue weighted by molar-refractivity contribution is -0.933. The number of hydrogen-bond acceptors (Lipinski definition) is 5. The summed E-state index contributed by atoms with van der Waals surface area (Å²) in [4.78, 5) is 5.62. The van der Waals surface area contributed by atoms with Crippen molar-refractivity contribution in [3.8, 4) is 17.1 Å². The summed E-state index contributed by atoms with van der Waals surface area (Å²) in [6, 6.07) is 16.6. The van der Waals surface area contributed by atoms with E-state index in [0.717, 1.165) is 16.8 Å². The van der Waals surface area contributed by atoms with Crippen LogP contribution < -0.4 is 4.90 Å². The van der Waals surface area contributed by atoms with Crippen molar-refractivity contribution in [3.63, 3.8) is 0 Å². The minimum absolute atomic E-state index is 0.250. The molecule has 0 saturated carbocycles. The molecular weight excluding hydrogens is 384 g/mol. The van der Waals surface area contributed by atoms with Crippen molar-refractivity contribution in [2.45, 2.75) is 26.6 Å². The van der Waals surface area contributed by atoms with Crippen molar-refractivity contribution >= 4 is 12.2 Å². The van der Waals surface area contributed by atoms with E-state index in [4.69, 9.17) is 16.6 Å². The average molecular weight is 408 g/mol. The number of benzene rings is 2. The van der Waals surface area contributed by atoms with Crippen molar-refractivity contribution in [1.82, 2.24) is 24.5 Å². The second-order valence-corrected chi connectivity index (χ2v) is 7.49. The molecule has 0 radical (unpaired) electrons. The summed E-state index contributed by atoms with van der Waals surface area (Å²) in [5.41, 5.74) is 4.28. The van der Waals surface area contributed by atoms with Crippen LogP contribution in [0.1, 0.15) is 24.1 Å². The molecule has 0 spiro atoms. The van der Waals surface area contributed by atoms with E-state index in [0.29, 0.717) is 17.4 Å². The van der Waals surface area contributed by atoms with Crippen LogP contribution in [0.15, 0.2) is 65.6 Å². The lowest BCUT2D eigenvalue weighted by Gasteiger charge is -2.21. The Morgan fingerprint density at radius 2 is 1.90 bits per heavy atom. The van der Waals surface area contributed by atoms with Crippen LogP contribution in [0, 0.1) is 11.8 Å². The number of quaternary nitrogens is 1. The summed E-state index contributed by atoms with van der Waals surface area (Å²) >= 11 is 5.41. The maximum absolute atomic E-state index is 5.76. The highest BCUT2D eigenvalue weighted by Gasteiger charge is 2.18. The predicted molar refractivity (Wildman–Crippen MR) is 112 cm³/mol. The summed E-state index contributed by atoms with van der Waals surface area (Å²) in [6.45, 7) is 4.83. The summed E-state index contributed by atoms with van der Waals surface area (Å²) in [5, 5.41) is 8.77. The third kappa shape index (κ3) is 4.03. The van der Waals surface area contributed by atoms with Gasteiger partial charge in [0.05, 0.1) is 12.7 Å². The fourth-order valence-corrected chi connectivity index (χ4v) is 3.43. The van der Waals surface area contributed by atoms with Crippen LogP contribution in [0.3, 0.4) is 0 Å². The molecule has 1 unspecified atom stereocenters. The van der Waals surface area contributed by atoms with Gasteiger partial charge < -0.3 is 9.32 Å². The average Bonchev–Trinajstić information content (AvgIpc) is 3.38. The molecule has 0 fully saturated rings. The zero-order valence-corrected chi connectivity index (χ0v) is 17.4. The minimum atomic E-state index is 0.250. The quantitative estimate of drug-likeness (QED) is 0.498. The molecule has 0 aliphatic carbocycles. The first-order valence-corrected chi connectivity index (χ1v) is 9.85. The second-order valence-electron chi connectivity index (χ2n) is 7.15. The van der Waals surface area contributed by atoms with Gasteiger partial charge in [-0.3, -0.25) is 0 Å². The molecule has 0 aliphatic heterocycles. The molecule has 148 valence electrons. The topological polar surface area (TPSA) is 66.1 Å². The van der Waals surface area contributed by atoms with Crippen molar-refractivity contribution in [2.75, 3.05) is 7.05 Å². The molecule has 0 aliphatic rings. The zero-order chi connectivity index (χ0) is 20.4. The van der Waals surface area contributed by atoms with Crippen LogP contribution in [-0.2, 0) is 6.67 Å². The Balaban J connectivity index is 1.50. The summed E-state index contributed by atoms with van der Waals surface area (Å²) < 4.78 is 9.26. The van der Waals surface area contributed by atoms with Gasteiger partial charge in [-0.15, -0.1) is 5.10 Å². The lowest BCUT2D eigenvalue weighted by Crippen LogP contribution is -3.08. The molecular formula is C21H23N6OS+. The van der Waals surface area contributed by atoms with Crippen LogP contribution in [-0.4, -0.2) is 31.6 Å². The fraction of sp³-hybridized carbons (Fsp3) is 0.238. The molecule has 4 aromatic rings. The maximum atomic E-state index is 5.76. The summed E-state index contributed by atoms with van der Waals surface area (Å²) in [5.74, 6) is 0.561. The first kappa shape index (κ1) is 19.2. The Hall–Kier alpha value is -3.10. The van der Waals surface area contributed by atoms with Gasteiger partial charge in [0.15, 0.2) is 6.67 Å². The van der Waals surface area contributed by atoms with Crippen molar-refractivity contribution in [2.24, 2.45) is 0 Å². The van der Waals surface area contributed by atoms with Gasteiger partial charge in [0.2, 0.25) is 5.89 Å². The Morgan fingerprint density at radius 1 is 1.14 bits per heavy atom. The number of nitrogens with one attached hydrogen (secondary N) is 1. The molecule has 7 nitrogen and oxygen atoms in total. The highest BCUT2D eigenvalue weighted by Crippen LogP contribution is 2.21. The monoisotopic (exact) mass is 407 g/mol. The highest BCUT2D eigenvalue weighted by molar-refractivity contribution is 7.71. The van der Waals surface area contributed by atoms with E-state index in [2.05, 4.69) is 41.3 Å². The zero-order valence-electron chi connectivity index (χ0n) is 16.6. The molecule has 29 heavy (non-hydrogen) atoms. The number of rotatable bonds is 6. The van der Waals surface area contributed by atoms with Gasteiger partial charge in [-0.25, -0.2) is 9.67 Å². The normalized spacial score (nSPS) is 13.3. The van der Waals surface area contributed by atoms with Gasteiger partial charge in [0, 0.05) is 11.1 Å². The Bertz CT molecular complexity index is 1150. The van der Waals surface area contributed by atoms with Crippen molar-refractivity contribution < 1.29 is 9.32 Å². The van der Waals surface area contributed by atoms with E-state index in [1.807, 2.05) is 43.3 Å². The molecule has 1 N–H and O–H groups in total. The first-order chi connectivity index (χ1) is 14.0. The fourth-order valence-electron chi connectivity index (χ4n) is 3.24.